The van der Waals surface area contributed by atoms with Crippen molar-refractivity contribution in [3.63, 3.8) is 0 Å². The minimum Gasteiger partial charge on any atom is -0.310 e. The maximum atomic E-state index is 13.1. The average Bonchev–Trinajstić information content (AvgIpc) is 2.96. The van der Waals surface area contributed by atoms with Gasteiger partial charge in [-0.1, -0.05) is 6.07 Å². The smallest absolute Gasteiger partial charge is 0.123 e. The molecule has 1 atom stereocenters. The van der Waals surface area contributed by atoms with E-state index < -0.39 is 0 Å². The van der Waals surface area contributed by atoms with Gasteiger partial charge in [-0.25, -0.2) is 4.39 Å². The molecule has 0 radical (unpaired) electrons. The summed E-state index contributed by atoms with van der Waals surface area (Å²) >= 11 is 5.27. The van der Waals surface area contributed by atoms with E-state index in [0.29, 0.717) is 6.04 Å². The van der Waals surface area contributed by atoms with Crippen LogP contribution in [0, 0.1) is 5.82 Å². The van der Waals surface area contributed by atoms with Gasteiger partial charge in [0.15, 0.2) is 0 Å². The lowest BCUT2D eigenvalue weighted by Gasteiger charge is -2.13. The molecule has 100 valence electrons. The summed E-state index contributed by atoms with van der Waals surface area (Å²) in [4.78, 5) is 1.39. The van der Waals surface area contributed by atoms with Crippen molar-refractivity contribution >= 4 is 27.3 Å². The molecule has 0 spiro atoms. The molecule has 1 nitrogen and oxygen atoms in total. The summed E-state index contributed by atoms with van der Waals surface area (Å²) in [6, 6.07) is 9.81. The molecule has 0 saturated carbocycles. The fourth-order valence-corrected chi connectivity index (χ4v) is 4.14. The summed E-state index contributed by atoms with van der Waals surface area (Å²) in [6.07, 6.45) is 3.10. The average molecular weight is 340 g/mol. The first-order valence-corrected chi connectivity index (χ1v) is 8.09. The largest absolute Gasteiger partial charge is 0.310 e. The molecule has 3 rings (SSSR count). The highest BCUT2D eigenvalue weighted by atomic mass is 79.9. The molecule has 0 fully saturated rings. The third-order valence-corrected chi connectivity index (χ3v) is 5.26. The highest BCUT2D eigenvalue weighted by Crippen LogP contribution is 2.31. The van der Waals surface area contributed by atoms with Gasteiger partial charge in [-0.15, -0.1) is 11.3 Å². The van der Waals surface area contributed by atoms with Crippen molar-refractivity contribution in [1.29, 1.82) is 0 Å². The Kier molecular flexibility index (Phi) is 4.01. The normalized spacial score (nSPS) is 17.7. The topological polar surface area (TPSA) is 12.0 Å². The molecule has 1 aliphatic carbocycles. The van der Waals surface area contributed by atoms with Crippen LogP contribution in [0.1, 0.15) is 28.5 Å². The van der Waals surface area contributed by atoms with Gasteiger partial charge < -0.3 is 5.32 Å². The van der Waals surface area contributed by atoms with Crippen molar-refractivity contribution in [3.05, 3.63) is 55.9 Å². The van der Waals surface area contributed by atoms with Gasteiger partial charge in [-0.2, -0.15) is 0 Å². The molecular formula is C15H15BrFNS. The van der Waals surface area contributed by atoms with Crippen molar-refractivity contribution in [1.82, 2.24) is 5.32 Å². The summed E-state index contributed by atoms with van der Waals surface area (Å²) in [5.74, 6) is -0.122. The van der Waals surface area contributed by atoms with E-state index in [1.54, 1.807) is 23.5 Å². The lowest BCUT2D eigenvalue weighted by Crippen LogP contribution is -2.21. The summed E-state index contributed by atoms with van der Waals surface area (Å²) in [5, 5.41) is 3.58. The minimum atomic E-state index is -0.122. The van der Waals surface area contributed by atoms with Crippen LogP contribution in [0.4, 0.5) is 4.39 Å². The molecule has 1 heterocycles. The number of aryl methyl sites for hydroxylation is 1. The molecule has 4 heteroatoms. The first-order valence-electron chi connectivity index (χ1n) is 6.48. The first kappa shape index (κ1) is 13.3. The van der Waals surface area contributed by atoms with Gasteiger partial charge in [0.25, 0.3) is 0 Å². The van der Waals surface area contributed by atoms with E-state index in [0.717, 1.165) is 31.4 Å². The fourth-order valence-electron chi connectivity index (χ4n) is 2.65. The molecule has 1 aliphatic rings. The number of thiophene rings is 1. The van der Waals surface area contributed by atoms with E-state index in [-0.39, 0.29) is 5.82 Å². The van der Waals surface area contributed by atoms with Gasteiger partial charge >= 0.3 is 0 Å². The predicted molar refractivity (Wildman–Crippen MR) is 81.2 cm³/mol. The van der Waals surface area contributed by atoms with Gasteiger partial charge in [-0.05, 0) is 70.6 Å². The molecule has 1 N–H and O–H groups in total. The second-order valence-electron chi connectivity index (χ2n) is 4.84. The predicted octanol–water partition coefficient (Wildman–Crippen LogP) is 4.47. The number of hydrogen-bond acceptors (Lipinski definition) is 2. The highest BCUT2D eigenvalue weighted by molar-refractivity contribution is 9.11. The first-order chi connectivity index (χ1) is 9.22. The van der Waals surface area contributed by atoms with Crippen molar-refractivity contribution in [3.8, 4) is 0 Å². The van der Waals surface area contributed by atoms with Crippen LogP contribution in [0.3, 0.4) is 0 Å². The number of nitrogens with one attached hydrogen (secondary N) is 1. The van der Waals surface area contributed by atoms with E-state index in [4.69, 9.17) is 0 Å². The third kappa shape index (κ3) is 3.07. The van der Waals surface area contributed by atoms with Crippen LogP contribution < -0.4 is 5.32 Å². The summed E-state index contributed by atoms with van der Waals surface area (Å²) < 4.78 is 14.3. The standard InChI is InChI=1S/C15H15BrFNS/c16-15-6-3-12(19-15)7-8-18-14-5-1-10-9-11(17)2-4-13(10)14/h2-4,6,9,14,18H,1,5,7-8H2. The maximum absolute atomic E-state index is 13.1. The van der Waals surface area contributed by atoms with Crippen molar-refractivity contribution in [2.24, 2.45) is 0 Å². The zero-order chi connectivity index (χ0) is 13.2. The monoisotopic (exact) mass is 339 g/mol. The Morgan fingerprint density at radius 1 is 1.32 bits per heavy atom. The fraction of sp³-hybridized carbons (Fsp3) is 0.333. The van der Waals surface area contributed by atoms with Crippen molar-refractivity contribution in [2.45, 2.75) is 25.3 Å². The van der Waals surface area contributed by atoms with E-state index >= 15 is 0 Å². The molecule has 0 bridgehead atoms. The number of benzene rings is 1. The second-order valence-corrected chi connectivity index (χ2v) is 7.39. The van der Waals surface area contributed by atoms with E-state index in [9.17, 15) is 4.39 Å². The highest BCUT2D eigenvalue weighted by Gasteiger charge is 2.21. The number of fused-ring (bicyclic) bond motifs is 1. The molecule has 1 aromatic heterocycles. The van der Waals surface area contributed by atoms with Crippen molar-refractivity contribution < 1.29 is 4.39 Å². The van der Waals surface area contributed by atoms with Crippen LogP contribution in [-0.2, 0) is 12.8 Å². The number of rotatable bonds is 4. The van der Waals surface area contributed by atoms with Gasteiger partial charge in [0.05, 0.1) is 3.79 Å². The maximum Gasteiger partial charge on any atom is 0.123 e. The number of hydrogen-bond donors (Lipinski definition) is 1. The Balaban J connectivity index is 1.58. The molecule has 1 aromatic carbocycles. The Bertz CT molecular complexity index is 581. The number of halogens is 2. The Morgan fingerprint density at radius 3 is 3.00 bits per heavy atom. The summed E-state index contributed by atoms with van der Waals surface area (Å²) in [5.41, 5.74) is 2.44. The molecule has 0 amide bonds. The molecule has 1 unspecified atom stereocenters. The van der Waals surface area contributed by atoms with Crippen LogP contribution >= 0.6 is 27.3 Å². The second kappa shape index (κ2) is 5.73. The van der Waals surface area contributed by atoms with Crippen LogP contribution in [0.2, 0.25) is 0 Å². The van der Waals surface area contributed by atoms with Gasteiger partial charge in [0.1, 0.15) is 5.82 Å². The van der Waals surface area contributed by atoms with Crippen molar-refractivity contribution in [2.75, 3.05) is 6.54 Å². The summed E-state index contributed by atoms with van der Waals surface area (Å²) in [6.45, 7) is 0.967. The molecule has 2 aromatic rings. The lowest BCUT2D eigenvalue weighted by molar-refractivity contribution is 0.534. The Morgan fingerprint density at radius 2 is 2.21 bits per heavy atom. The lowest BCUT2D eigenvalue weighted by atomic mass is 10.1. The van der Waals surface area contributed by atoms with Crippen LogP contribution in [0.15, 0.2) is 34.1 Å². The molecule has 0 aliphatic heterocycles. The zero-order valence-electron chi connectivity index (χ0n) is 10.5. The van der Waals surface area contributed by atoms with E-state index in [1.807, 2.05) is 6.07 Å². The van der Waals surface area contributed by atoms with Crippen LogP contribution in [0.25, 0.3) is 0 Å². The molecule has 0 saturated heterocycles. The van der Waals surface area contributed by atoms with Crippen LogP contribution in [-0.4, -0.2) is 6.54 Å². The Labute approximate surface area is 125 Å². The SMILES string of the molecule is Fc1ccc2c(c1)CCC2NCCc1ccc(Br)s1. The molecular weight excluding hydrogens is 325 g/mol. The van der Waals surface area contributed by atoms with E-state index in [1.165, 1.54) is 14.2 Å². The Hall–Kier alpha value is -0.710. The van der Waals surface area contributed by atoms with Crippen LogP contribution in [0.5, 0.6) is 0 Å². The third-order valence-electron chi connectivity index (χ3n) is 3.57. The van der Waals surface area contributed by atoms with E-state index in [2.05, 4.69) is 33.4 Å². The summed E-state index contributed by atoms with van der Waals surface area (Å²) in [7, 11) is 0. The minimum absolute atomic E-state index is 0.122. The quantitative estimate of drug-likeness (QED) is 0.866. The van der Waals surface area contributed by atoms with Gasteiger partial charge in [0.2, 0.25) is 0 Å². The van der Waals surface area contributed by atoms with Gasteiger partial charge in [0, 0.05) is 17.5 Å². The van der Waals surface area contributed by atoms with Gasteiger partial charge in [-0.3, -0.25) is 0 Å². The molecule has 19 heavy (non-hydrogen) atoms. The zero-order valence-corrected chi connectivity index (χ0v) is 12.9.